The summed E-state index contributed by atoms with van der Waals surface area (Å²) >= 11 is 0. The quantitative estimate of drug-likeness (QED) is 0.709. The van der Waals surface area contributed by atoms with E-state index < -0.39 is 0 Å². The molecule has 0 fully saturated rings. The summed E-state index contributed by atoms with van der Waals surface area (Å²) in [6.07, 6.45) is 12.3. The molecule has 0 spiro atoms. The van der Waals surface area contributed by atoms with E-state index in [0.717, 1.165) is 29.9 Å². The summed E-state index contributed by atoms with van der Waals surface area (Å²) in [6, 6.07) is 1.85. The summed E-state index contributed by atoms with van der Waals surface area (Å²) in [4.78, 5) is 4.34. The average Bonchev–Trinajstić information content (AvgIpc) is 3.14. The maximum atomic E-state index is 5.33. The second kappa shape index (κ2) is 4.57. The van der Waals surface area contributed by atoms with Crippen LogP contribution in [0.25, 0.3) is 16.9 Å². The molecule has 6 heteroatoms. The van der Waals surface area contributed by atoms with E-state index in [-0.39, 0.29) is 0 Å². The highest BCUT2D eigenvalue weighted by atomic mass is 16.5. The largest absolute Gasteiger partial charge is 0.377 e. The van der Waals surface area contributed by atoms with Crippen LogP contribution < -0.4 is 0 Å². The van der Waals surface area contributed by atoms with E-state index in [1.807, 2.05) is 29.3 Å². The first-order valence-corrected chi connectivity index (χ1v) is 6.52. The van der Waals surface area contributed by atoms with Crippen LogP contribution in [0.2, 0.25) is 0 Å². The lowest BCUT2D eigenvalue weighted by atomic mass is 10.1. The van der Waals surface area contributed by atoms with Crippen LogP contribution in [0.5, 0.6) is 0 Å². The average molecular weight is 267 g/mol. The second-order valence-electron chi connectivity index (χ2n) is 4.65. The topological polar surface area (TPSA) is 57.2 Å². The number of rotatable bonds is 2. The summed E-state index contributed by atoms with van der Waals surface area (Å²) in [5, 5.41) is 8.70. The summed E-state index contributed by atoms with van der Waals surface area (Å²) in [7, 11) is 0. The van der Waals surface area contributed by atoms with Crippen LogP contribution in [0.3, 0.4) is 0 Å². The third kappa shape index (κ3) is 1.81. The minimum absolute atomic E-state index is 0.679. The first-order chi connectivity index (χ1) is 9.92. The van der Waals surface area contributed by atoms with Gasteiger partial charge in [-0.1, -0.05) is 6.08 Å². The van der Waals surface area contributed by atoms with Crippen molar-refractivity contribution in [1.29, 1.82) is 0 Å². The normalized spacial score (nSPS) is 15.5. The molecule has 1 aliphatic rings. The molecule has 1 aliphatic heterocycles. The molecule has 3 aromatic heterocycles. The van der Waals surface area contributed by atoms with Gasteiger partial charge in [0.15, 0.2) is 5.65 Å². The Morgan fingerprint density at radius 2 is 2.20 bits per heavy atom. The molecule has 4 heterocycles. The van der Waals surface area contributed by atoms with E-state index in [1.54, 1.807) is 16.9 Å². The Morgan fingerprint density at radius 1 is 1.20 bits per heavy atom. The minimum atomic E-state index is 0.679. The second-order valence-corrected chi connectivity index (χ2v) is 4.65. The number of ether oxygens (including phenoxy) is 1. The summed E-state index contributed by atoms with van der Waals surface area (Å²) in [6.45, 7) is 1.45. The molecule has 0 radical (unpaired) electrons. The third-order valence-electron chi connectivity index (χ3n) is 3.42. The predicted octanol–water partition coefficient (Wildman–Crippen LogP) is 1.72. The van der Waals surface area contributed by atoms with Gasteiger partial charge in [-0.25, -0.2) is 14.2 Å². The van der Waals surface area contributed by atoms with E-state index in [4.69, 9.17) is 4.74 Å². The zero-order valence-corrected chi connectivity index (χ0v) is 10.8. The lowest BCUT2D eigenvalue weighted by Gasteiger charge is -2.11. The number of fused-ring (bicyclic) bond motifs is 1. The van der Waals surface area contributed by atoms with Gasteiger partial charge in [0.1, 0.15) is 5.69 Å². The van der Waals surface area contributed by atoms with Crippen molar-refractivity contribution in [3.8, 4) is 5.69 Å². The molecular weight excluding hydrogens is 254 g/mol. The Bertz CT molecular complexity index is 786. The molecule has 4 rings (SSSR count). The molecule has 3 aromatic rings. The number of nitrogens with zero attached hydrogens (tertiary/aromatic N) is 5. The Morgan fingerprint density at radius 3 is 3.10 bits per heavy atom. The number of aromatic nitrogens is 5. The molecule has 6 nitrogen and oxygen atoms in total. The van der Waals surface area contributed by atoms with Crippen molar-refractivity contribution >= 4 is 11.2 Å². The van der Waals surface area contributed by atoms with Crippen LogP contribution in [0, 0.1) is 0 Å². The highest BCUT2D eigenvalue weighted by Crippen LogP contribution is 2.22. The van der Waals surface area contributed by atoms with Crippen LogP contribution in [-0.2, 0) is 4.74 Å². The van der Waals surface area contributed by atoms with Gasteiger partial charge in [-0.05, 0) is 18.1 Å². The van der Waals surface area contributed by atoms with Gasteiger partial charge >= 0.3 is 0 Å². The van der Waals surface area contributed by atoms with E-state index in [9.17, 15) is 0 Å². The molecule has 0 bridgehead atoms. The van der Waals surface area contributed by atoms with E-state index in [2.05, 4.69) is 21.3 Å². The highest BCUT2D eigenvalue weighted by molar-refractivity contribution is 5.66. The molecule has 0 aromatic carbocycles. The van der Waals surface area contributed by atoms with E-state index in [1.165, 1.54) is 5.57 Å². The van der Waals surface area contributed by atoms with Gasteiger partial charge in [0.2, 0.25) is 0 Å². The third-order valence-corrected chi connectivity index (χ3v) is 3.42. The zero-order chi connectivity index (χ0) is 13.4. The Hall–Kier alpha value is -2.47. The number of hydrogen-bond donors (Lipinski definition) is 0. The fourth-order valence-electron chi connectivity index (χ4n) is 2.39. The standard InChI is InChI=1S/C14H13N5O/c1-4-15-14-13(9-17-18(14)5-1)19-10-12(8-16-19)11-2-6-20-7-3-11/h1-2,4-5,8-10H,3,6-7H2. The van der Waals surface area contributed by atoms with Gasteiger partial charge in [-0.2, -0.15) is 10.2 Å². The molecule has 0 N–H and O–H groups in total. The van der Waals surface area contributed by atoms with E-state index in [0.29, 0.717) is 6.61 Å². The number of hydrogen-bond acceptors (Lipinski definition) is 4. The van der Waals surface area contributed by atoms with Gasteiger partial charge in [0.05, 0.1) is 25.6 Å². The van der Waals surface area contributed by atoms with Crippen molar-refractivity contribution in [3.63, 3.8) is 0 Å². The molecule has 0 atom stereocenters. The summed E-state index contributed by atoms with van der Waals surface area (Å²) in [5.41, 5.74) is 4.09. The summed E-state index contributed by atoms with van der Waals surface area (Å²) < 4.78 is 8.89. The monoisotopic (exact) mass is 267 g/mol. The molecular formula is C14H13N5O. The van der Waals surface area contributed by atoms with Gasteiger partial charge in [-0.3, -0.25) is 0 Å². The molecule has 0 unspecified atom stereocenters. The van der Waals surface area contributed by atoms with Crippen molar-refractivity contribution in [2.75, 3.05) is 13.2 Å². The van der Waals surface area contributed by atoms with Crippen LogP contribution >= 0.6 is 0 Å². The smallest absolute Gasteiger partial charge is 0.181 e. The fourth-order valence-corrected chi connectivity index (χ4v) is 2.39. The van der Waals surface area contributed by atoms with Crippen molar-refractivity contribution in [2.24, 2.45) is 0 Å². The molecule has 0 saturated heterocycles. The lowest BCUT2D eigenvalue weighted by Crippen LogP contribution is -2.03. The van der Waals surface area contributed by atoms with Crippen molar-refractivity contribution in [2.45, 2.75) is 6.42 Å². The zero-order valence-electron chi connectivity index (χ0n) is 10.8. The van der Waals surface area contributed by atoms with Crippen LogP contribution in [0.15, 0.2) is 43.1 Å². The Balaban J connectivity index is 1.76. The van der Waals surface area contributed by atoms with Gasteiger partial charge < -0.3 is 4.74 Å². The molecule has 0 amide bonds. The fraction of sp³-hybridized carbons (Fsp3) is 0.214. The molecule has 0 saturated carbocycles. The van der Waals surface area contributed by atoms with Crippen molar-refractivity contribution in [3.05, 3.63) is 48.7 Å². The Kier molecular flexibility index (Phi) is 2.60. The van der Waals surface area contributed by atoms with Crippen molar-refractivity contribution < 1.29 is 4.74 Å². The van der Waals surface area contributed by atoms with Crippen molar-refractivity contribution in [1.82, 2.24) is 24.4 Å². The van der Waals surface area contributed by atoms with Crippen LogP contribution in [-0.4, -0.2) is 37.6 Å². The van der Waals surface area contributed by atoms with Gasteiger partial charge in [0, 0.05) is 24.2 Å². The van der Waals surface area contributed by atoms with Crippen LogP contribution in [0.4, 0.5) is 0 Å². The molecule has 20 heavy (non-hydrogen) atoms. The maximum Gasteiger partial charge on any atom is 0.181 e. The van der Waals surface area contributed by atoms with Gasteiger partial charge in [-0.15, -0.1) is 0 Å². The minimum Gasteiger partial charge on any atom is -0.377 e. The molecule has 100 valence electrons. The van der Waals surface area contributed by atoms with Crippen LogP contribution in [0.1, 0.15) is 12.0 Å². The highest BCUT2D eigenvalue weighted by Gasteiger charge is 2.12. The van der Waals surface area contributed by atoms with Gasteiger partial charge in [0.25, 0.3) is 0 Å². The first-order valence-electron chi connectivity index (χ1n) is 6.52. The maximum absolute atomic E-state index is 5.33. The summed E-state index contributed by atoms with van der Waals surface area (Å²) in [5.74, 6) is 0. The molecule has 0 aliphatic carbocycles. The first kappa shape index (κ1) is 11.4. The SMILES string of the molecule is C1=C(c2cnn(-c3cnn4cccnc34)c2)CCOC1. The van der Waals surface area contributed by atoms with E-state index >= 15 is 0 Å². The lowest BCUT2D eigenvalue weighted by molar-refractivity contribution is 0.161. The Labute approximate surface area is 115 Å². The predicted molar refractivity (Wildman–Crippen MR) is 73.5 cm³/mol.